The summed E-state index contributed by atoms with van der Waals surface area (Å²) >= 11 is 0. The third-order valence-corrected chi connectivity index (χ3v) is 5.56. The largest absolute Gasteiger partial charge is 0.462 e. The van der Waals surface area contributed by atoms with Gasteiger partial charge in [-0.15, -0.1) is 0 Å². The average molecular weight is 804 g/mol. The maximum absolute atomic E-state index is 13.9. The van der Waals surface area contributed by atoms with Crippen molar-refractivity contribution in [3.05, 3.63) is 11.4 Å². The molecule has 0 amide bonds. The van der Waals surface area contributed by atoms with Crippen molar-refractivity contribution in [2.45, 2.75) is 84.4 Å². The van der Waals surface area contributed by atoms with E-state index in [2.05, 4.69) is 4.74 Å². The summed E-state index contributed by atoms with van der Waals surface area (Å²) in [6, 6.07) is 0. The second-order valence-electron chi connectivity index (χ2n) is 8.72. The van der Waals surface area contributed by atoms with Crippen molar-refractivity contribution < 1.29 is 137 Å². The van der Waals surface area contributed by atoms with Crippen molar-refractivity contribution in [1.82, 2.24) is 0 Å². The summed E-state index contributed by atoms with van der Waals surface area (Å²) < 4.78 is 391. The molecule has 0 aliphatic rings. The highest BCUT2D eigenvalue weighted by molar-refractivity contribution is 5.90. The van der Waals surface area contributed by atoms with Crippen LogP contribution in [0, 0.1) is 0 Å². The number of carbonyl (C=O) groups is 1. The molecular weight excluding hydrogens is 799 g/mol. The van der Waals surface area contributed by atoms with Crippen LogP contribution in [0.25, 0.3) is 0 Å². The van der Waals surface area contributed by atoms with Crippen LogP contribution < -0.4 is 0 Å². The van der Waals surface area contributed by atoms with Crippen molar-refractivity contribution in [3.8, 4) is 0 Å². The molecule has 31 heteroatoms. The van der Waals surface area contributed by atoms with Crippen LogP contribution in [0.2, 0.25) is 0 Å². The van der Waals surface area contributed by atoms with E-state index in [1.54, 1.807) is 0 Å². The minimum absolute atomic E-state index is 0.408. The Morgan fingerprint density at radius 1 is 0.408 bits per heavy atom. The van der Waals surface area contributed by atoms with E-state index >= 15 is 0 Å². The van der Waals surface area contributed by atoms with Crippen LogP contribution in [0.15, 0.2) is 11.4 Å². The van der Waals surface area contributed by atoms with Crippen LogP contribution in [0.3, 0.4) is 0 Å². The first-order valence-electron chi connectivity index (χ1n) is 10.6. The molecule has 0 atom stereocenters. The van der Waals surface area contributed by atoms with Crippen molar-refractivity contribution in [1.29, 1.82) is 0 Å². The van der Waals surface area contributed by atoms with Gasteiger partial charge in [0.15, 0.2) is 11.4 Å². The third-order valence-electron chi connectivity index (χ3n) is 5.56. The minimum Gasteiger partial charge on any atom is -0.462 e. The average Bonchev–Trinajstić information content (AvgIpc) is 2.85. The predicted molar refractivity (Wildman–Crippen MR) is 91.3 cm³/mol. The SMILES string of the molecule is CCOC(=O)C(=C(F)C(F)(F)C(F)(F)C(F)(F)C(F)(F)C(F)(F)C(F)(F)C(F)(F)C(F)(F)C(F)(F)C(F)(F)C(F)(F)C(F)(F)F)C(F)(F)F. The van der Waals surface area contributed by atoms with Gasteiger partial charge in [-0.05, 0) is 6.92 Å². The van der Waals surface area contributed by atoms with Gasteiger partial charge in [0.2, 0.25) is 0 Å². The number of rotatable bonds is 13. The zero-order chi connectivity index (χ0) is 40.6. The van der Waals surface area contributed by atoms with E-state index in [9.17, 15) is 132 Å². The Kier molecular flexibility index (Phi) is 11.2. The van der Waals surface area contributed by atoms with Gasteiger partial charge in [0.05, 0.1) is 6.61 Å². The molecule has 0 saturated heterocycles. The first-order chi connectivity index (χ1) is 20.8. The fourth-order valence-electron chi connectivity index (χ4n) is 2.78. The summed E-state index contributed by atoms with van der Waals surface area (Å²) in [5.74, 6) is -113. The smallest absolute Gasteiger partial charge is 0.460 e. The normalized spacial score (nSPS) is 16.9. The van der Waals surface area contributed by atoms with Crippen LogP contribution >= 0.6 is 0 Å². The highest BCUT2D eigenvalue weighted by Gasteiger charge is 2.99. The number of ether oxygens (including phenoxy) is 1. The summed E-state index contributed by atoms with van der Waals surface area (Å²) in [6.07, 6.45) is -15.5. The number of hydrogen-bond acceptors (Lipinski definition) is 2. The molecule has 0 aromatic heterocycles. The van der Waals surface area contributed by atoms with Gasteiger partial charge in [0, 0.05) is 0 Å². The Labute approximate surface area is 246 Å². The van der Waals surface area contributed by atoms with E-state index in [-0.39, 0.29) is 0 Å². The first kappa shape index (κ1) is 46.2. The molecule has 49 heavy (non-hydrogen) atoms. The van der Waals surface area contributed by atoms with Crippen LogP contribution in [-0.4, -0.2) is 90.1 Å². The van der Waals surface area contributed by atoms with Crippen LogP contribution in [0.1, 0.15) is 6.92 Å². The molecule has 0 rings (SSSR count). The zero-order valence-corrected chi connectivity index (χ0v) is 21.5. The van der Waals surface area contributed by atoms with Crippen LogP contribution in [0.4, 0.5) is 127 Å². The fraction of sp³-hybridized carbons (Fsp3) is 0.833. The molecule has 0 spiro atoms. The summed E-state index contributed by atoms with van der Waals surface area (Å²) in [7, 11) is 0. The number of allylic oxidation sites excluding steroid dienone is 1. The molecule has 0 radical (unpaired) electrons. The number of hydrogen-bond donors (Lipinski definition) is 0. The van der Waals surface area contributed by atoms with Gasteiger partial charge in [0.1, 0.15) is 0 Å². The Bertz CT molecular complexity index is 1260. The van der Waals surface area contributed by atoms with Gasteiger partial charge in [-0.1, -0.05) is 0 Å². The first-order valence-corrected chi connectivity index (χ1v) is 10.6. The fourth-order valence-corrected chi connectivity index (χ4v) is 2.78. The van der Waals surface area contributed by atoms with Gasteiger partial charge >= 0.3 is 83.5 Å². The Hall–Kier alpha value is -2.82. The summed E-state index contributed by atoms with van der Waals surface area (Å²) in [5, 5.41) is 0. The van der Waals surface area contributed by atoms with E-state index in [1.165, 1.54) is 0 Å². The number of esters is 1. The summed E-state index contributed by atoms with van der Waals surface area (Å²) in [4.78, 5) is 11.1. The van der Waals surface area contributed by atoms with Gasteiger partial charge in [-0.2, -0.15) is 123 Å². The molecule has 0 saturated carbocycles. The van der Waals surface area contributed by atoms with E-state index in [1.807, 2.05) is 0 Å². The lowest BCUT2D eigenvalue weighted by Crippen LogP contribution is -2.78. The zero-order valence-electron chi connectivity index (χ0n) is 21.5. The molecule has 0 aliphatic heterocycles. The molecule has 0 aromatic carbocycles. The third kappa shape index (κ3) is 5.93. The van der Waals surface area contributed by atoms with Crippen molar-refractivity contribution in [3.63, 3.8) is 0 Å². The number of carbonyl (C=O) groups excluding carboxylic acids is 1. The molecule has 0 fully saturated rings. The Balaban J connectivity index is 7.70. The quantitative estimate of drug-likeness (QED) is 0.105. The van der Waals surface area contributed by atoms with Crippen molar-refractivity contribution in [2.24, 2.45) is 0 Å². The lowest BCUT2D eigenvalue weighted by molar-refractivity contribution is -0.481. The Morgan fingerprint density at radius 2 is 0.633 bits per heavy atom. The van der Waals surface area contributed by atoms with E-state index in [0.29, 0.717) is 6.92 Å². The molecule has 0 heterocycles. The summed E-state index contributed by atoms with van der Waals surface area (Å²) in [5.41, 5.74) is -4.51. The topological polar surface area (TPSA) is 26.3 Å². The van der Waals surface area contributed by atoms with Gasteiger partial charge in [-0.25, -0.2) is 9.18 Å². The maximum atomic E-state index is 13.9. The molecule has 0 aliphatic carbocycles. The standard InChI is InChI=1S/C18H5F29O2/c1-2-49-5(48)3(7(22,23)24)4(19)6(20,21)8(25,26)9(27,28)10(29,30)11(31,32)12(33,34)13(35,36)14(37,38)15(39,40)16(41,42)17(43,44)18(45,46)47/h2H2,1H3. The van der Waals surface area contributed by atoms with E-state index in [4.69, 9.17) is 0 Å². The van der Waals surface area contributed by atoms with Crippen LogP contribution in [0.5, 0.6) is 0 Å². The molecule has 292 valence electrons. The van der Waals surface area contributed by atoms with Crippen LogP contribution in [-0.2, 0) is 9.53 Å². The molecule has 0 unspecified atom stereocenters. The lowest BCUT2D eigenvalue weighted by atomic mass is 9.84. The molecule has 0 bridgehead atoms. The second-order valence-corrected chi connectivity index (χ2v) is 8.72. The maximum Gasteiger partial charge on any atom is 0.460 e. The Morgan fingerprint density at radius 3 is 0.837 bits per heavy atom. The minimum atomic E-state index is -9.93. The molecule has 0 aromatic rings. The highest BCUT2D eigenvalue weighted by atomic mass is 19.4. The van der Waals surface area contributed by atoms with Gasteiger partial charge in [0.25, 0.3) is 0 Å². The monoisotopic (exact) mass is 804 g/mol. The summed E-state index contributed by atoms with van der Waals surface area (Å²) in [6.45, 7) is -1.09. The highest BCUT2D eigenvalue weighted by Crippen LogP contribution is 2.68. The van der Waals surface area contributed by atoms with E-state index < -0.39 is 101 Å². The molecule has 0 N–H and O–H groups in total. The molecular formula is C18H5F29O2. The van der Waals surface area contributed by atoms with Crippen molar-refractivity contribution in [2.75, 3.05) is 6.61 Å². The molecule has 2 nitrogen and oxygen atoms in total. The number of alkyl halides is 28. The van der Waals surface area contributed by atoms with Crippen molar-refractivity contribution >= 4 is 5.97 Å². The predicted octanol–water partition coefficient (Wildman–Crippen LogP) is 9.89. The van der Waals surface area contributed by atoms with E-state index in [0.717, 1.165) is 0 Å². The van der Waals surface area contributed by atoms with Gasteiger partial charge < -0.3 is 4.74 Å². The second kappa shape index (κ2) is 11.9. The lowest BCUT2D eigenvalue weighted by Gasteiger charge is -2.45. The van der Waals surface area contributed by atoms with Gasteiger partial charge in [-0.3, -0.25) is 0 Å². The number of halogens is 29.